The predicted molar refractivity (Wildman–Crippen MR) is 69.5 cm³/mol. The van der Waals surface area contributed by atoms with Crippen molar-refractivity contribution in [2.24, 2.45) is 0 Å². The fraction of sp³-hybridized carbons (Fsp3) is 0.182. The number of aromatic nitrogens is 2. The lowest BCUT2D eigenvalue weighted by molar-refractivity contribution is 0.517. The van der Waals surface area contributed by atoms with E-state index in [1.54, 1.807) is 13.1 Å². The summed E-state index contributed by atoms with van der Waals surface area (Å²) < 4.78 is 28.9. The Bertz CT molecular complexity index is 554. The van der Waals surface area contributed by atoms with Gasteiger partial charge in [-0.15, -0.1) is 0 Å². The minimum absolute atomic E-state index is 0.233. The van der Waals surface area contributed by atoms with Crippen LogP contribution in [-0.4, -0.2) is 9.78 Å². The fourth-order valence-corrected chi connectivity index (χ4v) is 2.00. The van der Waals surface area contributed by atoms with Crippen molar-refractivity contribution >= 4 is 28.4 Å². The second-order valence-corrected chi connectivity index (χ2v) is 4.83. The summed E-state index contributed by atoms with van der Waals surface area (Å²) in [4.78, 5) is 0. The minimum atomic E-state index is -0.478. The van der Waals surface area contributed by atoms with Crippen molar-refractivity contribution in [1.82, 2.24) is 9.78 Å². The first-order valence-electron chi connectivity index (χ1n) is 4.94. The maximum absolute atomic E-state index is 13.6. The Balaban J connectivity index is 2.47. The van der Waals surface area contributed by atoms with Crippen LogP contribution in [0.5, 0.6) is 0 Å². The summed E-state index contributed by atoms with van der Waals surface area (Å²) in [5, 5.41) is 4.06. The summed E-state index contributed by atoms with van der Waals surface area (Å²) in [5.74, 6) is -0.501. The third-order valence-electron chi connectivity index (χ3n) is 2.56. The van der Waals surface area contributed by atoms with Gasteiger partial charge >= 0.3 is 0 Å². The van der Waals surface area contributed by atoms with E-state index in [4.69, 9.17) is 5.73 Å². The van der Waals surface area contributed by atoms with Crippen molar-refractivity contribution in [2.75, 3.05) is 5.73 Å². The van der Waals surface area contributed by atoms with E-state index in [9.17, 15) is 8.78 Å². The number of halogens is 3. The molecule has 0 saturated carbocycles. The molecule has 1 unspecified atom stereocenters. The minimum Gasteiger partial charge on any atom is -0.383 e. The van der Waals surface area contributed by atoms with E-state index in [1.807, 2.05) is 22.6 Å². The van der Waals surface area contributed by atoms with E-state index in [0.29, 0.717) is 5.82 Å². The molecule has 0 amide bonds. The first-order chi connectivity index (χ1) is 8.00. The van der Waals surface area contributed by atoms with Gasteiger partial charge in [-0.25, -0.2) is 13.5 Å². The molecular weight excluding hydrogens is 339 g/mol. The van der Waals surface area contributed by atoms with E-state index in [-0.39, 0.29) is 5.56 Å². The Hall–Kier alpha value is -1.18. The lowest BCUT2D eigenvalue weighted by Crippen LogP contribution is -2.13. The molecular formula is C11H10F2IN3. The average molecular weight is 349 g/mol. The number of nitrogen functional groups attached to an aromatic ring is 1. The standard InChI is InChI=1S/C11H10F2IN3/c1-6(17-11(15)10(14)5-16-17)8-4-7(12)2-3-9(8)13/h2-6H,15H2,1H3. The SMILES string of the molecule is CC(c1cc(F)ccc1F)n1ncc(I)c1N. The molecule has 0 spiro atoms. The Morgan fingerprint density at radius 2 is 2.12 bits per heavy atom. The Labute approximate surface area is 111 Å². The molecule has 1 atom stereocenters. The molecule has 0 aliphatic carbocycles. The van der Waals surface area contributed by atoms with Crippen LogP contribution in [0.3, 0.4) is 0 Å². The molecule has 2 aromatic rings. The van der Waals surface area contributed by atoms with Crippen LogP contribution >= 0.6 is 22.6 Å². The second kappa shape index (κ2) is 4.59. The summed E-state index contributed by atoms with van der Waals surface area (Å²) >= 11 is 2.04. The predicted octanol–water partition coefficient (Wildman–Crippen LogP) is 2.96. The molecule has 1 heterocycles. The largest absolute Gasteiger partial charge is 0.383 e. The first-order valence-corrected chi connectivity index (χ1v) is 6.02. The molecule has 1 aromatic heterocycles. The molecule has 17 heavy (non-hydrogen) atoms. The van der Waals surface area contributed by atoms with Crippen molar-refractivity contribution in [1.29, 1.82) is 0 Å². The maximum atomic E-state index is 13.6. The summed E-state index contributed by atoms with van der Waals surface area (Å²) in [6.07, 6.45) is 1.59. The molecule has 0 aliphatic rings. The van der Waals surface area contributed by atoms with E-state index < -0.39 is 17.7 Å². The number of hydrogen-bond acceptors (Lipinski definition) is 2. The summed E-state index contributed by atoms with van der Waals surface area (Å²) in [5.41, 5.74) is 6.04. The van der Waals surface area contributed by atoms with Crippen LogP contribution in [0, 0.1) is 15.2 Å². The Morgan fingerprint density at radius 1 is 1.41 bits per heavy atom. The third-order valence-corrected chi connectivity index (χ3v) is 3.39. The monoisotopic (exact) mass is 349 g/mol. The van der Waals surface area contributed by atoms with Gasteiger partial charge in [-0.1, -0.05) is 0 Å². The van der Waals surface area contributed by atoms with Gasteiger partial charge in [0.05, 0.1) is 15.8 Å². The van der Waals surface area contributed by atoms with Crippen LogP contribution in [0.4, 0.5) is 14.6 Å². The van der Waals surface area contributed by atoms with Gasteiger partial charge in [0.1, 0.15) is 17.5 Å². The van der Waals surface area contributed by atoms with Gasteiger partial charge < -0.3 is 5.73 Å². The smallest absolute Gasteiger partial charge is 0.135 e. The fourth-order valence-electron chi connectivity index (χ4n) is 1.63. The van der Waals surface area contributed by atoms with Crippen LogP contribution < -0.4 is 5.73 Å². The molecule has 2 rings (SSSR count). The zero-order chi connectivity index (χ0) is 12.6. The van der Waals surface area contributed by atoms with Crippen LogP contribution in [0.1, 0.15) is 18.5 Å². The van der Waals surface area contributed by atoms with Crippen LogP contribution in [0.15, 0.2) is 24.4 Å². The highest BCUT2D eigenvalue weighted by molar-refractivity contribution is 14.1. The molecule has 6 heteroatoms. The van der Waals surface area contributed by atoms with Gasteiger partial charge in [-0.3, -0.25) is 0 Å². The highest BCUT2D eigenvalue weighted by Crippen LogP contribution is 2.25. The van der Waals surface area contributed by atoms with Crippen molar-refractivity contribution in [3.05, 3.63) is 45.2 Å². The van der Waals surface area contributed by atoms with Gasteiger partial charge in [0.2, 0.25) is 0 Å². The van der Waals surface area contributed by atoms with Crippen molar-refractivity contribution < 1.29 is 8.78 Å². The Kier molecular flexibility index (Phi) is 3.32. The van der Waals surface area contributed by atoms with E-state index in [0.717, 1.165) is 21.8 Å². The highest BCUT2D eigenvalue weighted by atomic mass is 127. The zero-order valence-electron chi connectivity index (χ0n) is 8.99. The Morgan fingerprint density at radius 3 is 2.71 bits per heavy atom. The van der Waals surface area contributed by atoms with Crippen LogP contribution in [0.25, 0.3) is 0 Å². The number of hydrogen-bond donors (Lipinski definition) is 1. The van der Waals surface area contributed by atoms with Gasteiger partial charge in [0, 0.05) is 5.56 Å². The molecule has 90 valence electrons. The molecule has 3 nitrogen and oxygen atoms in total. The van der Waals surface area contributed by atoms with Crippen LogP contribution in [-0.2, 0) is 0 Å². The van der Waals surface area contributed by atoms with Gasteiger partial charge in [-0.2, -0.15) is 5.10 Å². The first kappa shape index (κ1) is 12.3. The summed E-state index contributed by atoms with van der Waals surface area (Å²) in [6, 6.07) is 2.90. The average Bonchev–Trinajstić information content (AvgIpc) is 2.62. The number of benzene rings is 1. The van der Waals surface area contributed by atoms with E-state index in [1.165, 1.54) is 4.68 Å². The molecule has 1 aromatic carbocycles. The lowest BCUT2D eigenvalue weighted by Gasteiger charge is -2.15. The zero-order valence-corrected chi connectivity index (χ0v) is 11.1. The third kappa shape index (κ3) is 2.26. The van der Waals surface area contributed by atoms with E-state index >= 15 is 0 Å². The van der Waals surface area contributed by atoms with Crippen molar-refractivity contribution in [2.45, 2.75) is 13.0 Å². The molecule has 2 N–H and O–H groups in total. The number of rotatable bonds is 2. The van der Waals surface area contributed by atoms with Crippen molar-refractivity contribution in [3.8, 4) is 0 Å². The highest BCUT2D eigenvalue weighted by Gasteiger charge is 2.17. The molecule has 0 saturated heterocycles. The molecule has 0 bridgehead atoms. The van der Waals surface area contributed by atoms with Crippen molar-refractivity contribution in [3.63, 3.8) is 0 Å². The maximum Gasteiger partial charge on any atom is 0.135 e. The van der Waals surface area contributed by atoms with E-state index in [2.05, 4.69) is 5.10 Å². The molecule has 0 aliphatic heterocycles. The van der Waals surface area contributed by atoms with Gasteiger partial charge in [0.25, 0.3) is 0 Å². The normalized spacial score (nSPS) is 12.7. The number of anilines is 1. The quantitative estimate of drug-likeness (QED) is 0.848. The van der Waals surface area contributed by atoms with Gasteiger partial charge in [0.15, 0.2) is 0 Å². The molecule has 0 radical (unpaired) electrons. The summed E-state index contributed by atoms with van der Waals surface area (Å²) in [7, 11) is 0. The molecule has 0 fully saturated rings. The number of nitrogens with two attached hydrogens (primary N) is 1. The van der Waals surface area contributed by atoms with Crippen LogP contribution in [0.2, 0.25) is 0 Å². The topological polar surface area (TPSA) is 43.8 Å². The number of nitrogens with zero attached hydrogens (tertiary/aromatic N) is 2. The van der Waals surface area contributed by atoms with Gasteiger partial charge in [-0.05, 0) is 47.7 Å². The lowest BCUT2D eigenvalue weighted by atomic mass is 10.1. The second-order valence-electron chi connectivity index (χ2n) is 3.66. The summed E-state index contributed by atoms with van der Waals surface area (Å²) in [6.45, 7) is 1.72.